The van der Waals surface area contributed by atoms with Crippen molar-refractivity contribution in [3.8, 4) is 11.1 Å². The van der Waals surface area contributed by atoms with Crippen LogP contribution in [0.4, 0.5) is 0 Å². The third kappa shape index (κ3) is 2.76. The number of aromatic amines is 1. The molecule has 7 nitrogen and oxygen atoms in total. The van der Waals surface area contributed by atoms with Crippen LogP contribution < -0.4 is 11.2 Å². The number of benzene rings is 2. The first kappa shape index (κ1) is 17.9. The lowest BCUT2D eigenvalue weighted by Crippen LogP contribution is -2.39. The van der Waals surface area contributed by atoms with Gasteiger partial charge in [0, 0.05) is 13.2 Å². The lowest BCUT2D eigenvalue weighted by Gasteiger charge is -2.26. The number of amides is 1. The summed E-state index contributed by atoms with van der Waals surface area (Å²) in [5.41, 5.74) is 2.55. The summed E-state index contributed by atoms with van der Waals surface area (Å²) in [6.45, 7) is -0.284. The van der Waals surface area contributed by atoms with E-state index in [0.717, 1.165) is 26.8 Å². The van der Waals surface area contributed by atoms with E-state index in [-0.39, 0.29) is 24.8 Å². The number of rotatable bonds is 4. The molecule has 0 atom stereocenters. The number of fused-ring (bicyclic) bond motifs is 3. The molecule has 0 bridgehead atoms. The van der Waals surface area contributed by atoms with Crippen molar-refractivity contribution in [1.82, 2.24) is 14.5 Å². The van der Waals surface area contributed by atoms with Crippen LogP contribution in [0.25, 0.3) is 11.1 Å². The first-order chi connectivity index (χ1) is 13.5. The van der Waals surface area contributed by atoms with Crippen LogP contribution in [0.5, 0.6) is 0 Å². The minimum Gasteiger partial charge on any atom is -0.395 e. The van der Waals surface area contributed by atoms with E-state index in [1.807, 2.05) is 48.5 Å². The van der Waals surface area contributed by atoms with Gasteiger partial charge < -0.3 is 10.0 Å². The van der Waals surface area contributed by atoms with E-state index in [4.69, 9.17) is 5.11 Å². The van der Waals surface area contributed by atoms with Gasteiger partial charge in [0.1, 0.15) is 5.56 Å². The van der Waals surface area contributed by atoms with Crippen LogP contribution in [-0.4, -0.2) is 39.1 Å². The Morgan fingerprint density at radius 2 is 1.64 bits per heavy atom. The third-order valence-electron chi connectivity index (χ3n) is 5.09. The van der Waals surface area contributed by atoms with Crippen LogP contribution >= 0.6 is 0 Å². The number of carbonyl (C=O) groups is 1. The maximum absolute atomic E-state index is 13.2. The van der Waals surface area contributed by atoms with Crippen molar-refractivity contribution >= 4 is 5.91 Å². The van der Waals surface area contributed by atoms with Crippen LogP contribution in [0.1, 0.15) is 27.5 Å². The number of aliphatic hydroxyl groups excluding tert-OH is 1. The molecule has 0 aliphatic heterocycles. The van der Waals surface area contributed by atoms with Gasteiger partial charge in [-0.1, -0.05) is 48.5 Å². The number of nitrogens with one attached hydrogen (secondary N) is 1. The van der Waals surface area contributed by atoms with E-state index in [1.165, 1.54) is 11.1 Å². The molecule has 0 unspecified atom stereocenters. The van der Waals surface area contributed by atoms with Crippen molar-refractivity contribution in [2.45, 2.75) is 12.6 Å². The van der Waals surface area contributed by atoms with Crippen molar-refractivity contribution in [2.75, 3.05) is 13.7 Å². The summed E-state index contributed by atoms with van der Waals surface area (Å²) in [4.78, 5) is 40.9. The maximum atomic E-state index is 13.2. The predicted octanol–water partition coefficient (Wildman–Crippen LogP) is 1.37. The highest BCUT2D eigenvalue weighted by Crippen LogP contribution is 2.45. The molecule has 0 fully saturated rings. The van der Waals surface area contributed by atoms with Gasteiger partial charge in [-0.25, -0.2) is 4.79 Å². The lowest BCUT2D eigenvalue weighted by molar-refractivity contribution is 0.0754. The van der Waals surface area contributed by atoms with Crippen LogP contribution in [0, 0.1) is 0 Å². The van der Waals surface area contributed by atoms with Crippen LogP contribution in [-0.2, 0) is 6.54 Å². The molecule has 1 aliphatic rings. The second-order valence-corrected chi connectivity index (χ2v) is 6.71. The van der Waals surface area contributed by atoms with Crippen molar-refractivity contribution in [2.24, 2.45) is 0 Å². The number of H-pyrrole nitrogens is 1. The van der Waals surface area contributed by atoms with Crippen molar-refractivity contribution in [3.63, 3.8) is 0 Å². The Bertz CT molecular complexity index is 1130. The zero-order chi connectivity index (χ0) is 19.8. The molecule has 0 spiro atoms. The number of carbonyl (C=O) groups excluding carboxylic acids is 1. The normalized spacial score (nSPS) is 12.5. The van der Waals surface area contributed by atoms with Gasteiger partial charge in [0.15, 0.2) is 0 Å². The smallest absolute Gasteiger partial charge is 0.328 e. The summed E-state index contributed by atoms with van der Waals surface area (Å²) in [5, 5.41) is 9.10. The van der Waals surface area contributed by atoms with Gasteiger partial charge in [-0.15, -0.1) is 0 Å². The summed E-state index contributed by atoms with van der Waals surface area (Å²) >= 11 is 0. The lowest BCUT2D eigenvalue weighted by atomic mass is 10.0. The molecule has 0 radical (unpaired) electrons. The largest absolute Gasteiger partial charge is 0.395 e. The molecular formula is C21H19N3O4. The van der Waals surface area contributed by atoms with E-state index in [9.17, 15) is 14.4 Å². The average Bonchev–Trinajstić information content (AvgIpc) is 3.03. The van der Waals surface area contributed by atoms with E-state index in [1.54, 1.807) is 7.05 Å². The molecule has 2 aromatic carbocycles. The summed E-state index contributed by atoms with van der Waals surface area (Å²) in [7, 11) is 1.65. The van der Waals surface area contributed by atoms with Crippen LogP contribution in [0.2, 0.25) is 0 Å². The molecule has 1 aromatic heterocycles. The molecular weight excluding hydrogens is 358 g/mol. The fraction of sp³-hybridized carbons (Fsp3) is 0.190. The predicted molar refractivity (Wildman–Crippen MR) is 104 cm³/mol. The second-order valence-electron chi connectivity index (χ2n) is 6.71. The molecule has 7 heteroatoms. The third-order valence-corrected chi connectivity index (χ3v) is 5.09. The summed E-state index contributed by atoms with van der Waals surface area (Å²) in [6, 6.07) is 15.4. The fourth-order valence-electron chi connectivity index (χ4n) is 3.79. The number of hydrogen-bond acceptors (Lipinski definition) is 4. The van der Waals surface area contributed by atoms with Crippen molar-refractivity contribution in [1.29, 1.82) is 0 Å². The first-order valence-corrected chi connectivity index (χ1v) is 8.93. The maximum Gasteiger partial charge on any atom is 0.328 e. The second kappa shape index (κ2) is 6.94. The van der Waals surface area contributed by atoms with Gasteiger partial charge in [0.2, 0.25) is 0 Å². The van der Waals surface area contributed by atoms with E-state index < -0.39 is 17.2 Å². The first-order valence-electron chi connectivity index (χ1n) is 8.93. The SMILES string of the molecule is CN(C(=O)c1cn(CCO)c(=O)[nH]c1=O)C1c2ccccc2-c2ccccc21. The summed E-state index contributed by atoms with van der Waals surface area (Å²) in [5.74, 6) is -0.496. The van der Waals surface area contributed by atoms with Gasteiger partial charge >= 0.3 is 5.69 Å². The topological polar surface area (TPSA) is 95.4 Å². The summed E-state index contributed by atoms with van der Waals surface area (Å²) < 4.78 is 1.12. The molecule has 1 amide bonds. The summed E-state index contributed by atoms with van der Waals surface area (Å²) in [6.07, 6.45) is 1.21. The molecule has 2 N–H and O–H groups in total. The van der Waals surface area contributed by atoms with Gasteiger partial charge in [-0.2, -0.15) is 0 Å². The fourth-order valence-corrected chi connectivity index (χ4v) is 3.79. The quantitative estimate of drug-likeness (QED) is 0.718. The molecule has 1 aliphatic carbocycles. The van der Waals surface area contributed by atoms with Gasteiger partial charge in [0.25, 0.3) is 11.5 Å². The molecule has 1 heterocycles. The average molecular weight is 377 g/mol. The Hall–Kier alpha value is -3.45. The Labute approximate surface area is 160 Å². The highest BCUT2D eigenvalue weighted by atomic mass is 16.3. The Kier molecular flexibility index (Phi) is 4.44. The number of hydrogen-bond donors (Lipinski definition) is 2. The van der Waals surface area contributed by atoms with Crippen molar-refractivity contribution < 1.29 is 9.90 Å². The Morgan fingerprint density at radius 1 is 1.07 bits per heavy atom. The number of aliphatic hydroxyl groups is 1. The van der Waals surface area contributed by atoms with Gasteiger partial charge in [0.05, 0.1) is 19.2 Å². The minimum atomic E-state index is -0.740. The zero-order valence-electron chi connectivity index (χ0n) is 15.3. The minimum absolute atomic E-state index is 0.00525. The number of aromatic nitrogens is 2. The molecule has 4 rings (SSSR count). The van der Waals surface area contributed by atoms with E-state index in [0.29, 0.717) is 0 Å². The van der Waals surface area contributed by atoms with Crippen LogP contribution in [0.3, 0.4) is 0 Å². The molecule has 28 heavy (non-hydrogen) atoms. The standard InChI is InChI=1S/C21H19N3O4/c1-23(20(27)17-12-24(10-11-25)21(28)22-19(17)26)18-15-8-4-2-6-13(15)14-7-3-5-9-16(14)18/h2-9,12,18,25H,10-11H2,1H3,(H,22,26,28). The van der Waals surface area contributed by atoms with Gasteiger partial charge in [-0.05, 0) is 22.3 Å². The van der Waals surface area contributed by atoms with E-state index >= 15 is 0 Å². The van der Waals surface area contributed by atoms with Gasteiger partial charge in [-0.3, -0.25) is 19.1 Å². The molecule has 0 saturated carbocycles. The van der Waals surface area contributed by atoms with E-state index in [2.05, 4.69) is 4.98 Å². The highest BCUT2D eigenvalue weighted by Gasteiger charge is 2.34. The molecule has 3 aromatic rings. The molecule has 0 saturated heterocycles. The van der Waals surface area contributed by atoms with Crippen molar-refractivity contribution in [3.05, 3.63) is 92.3 Å². The molecule has 142 valence electrons. The Morgan fingerprint density at radius 3 is 2.21 bits per heavy atom. The zero-order valence-corrected chi connectivity index (χ0v) is 15.3. The monoisotopic (exact) mass is 377 g/mol. The number of nitrogens with zero attached hydrogens (tertiary/aromatic N) is 2. The Balaban J connectivity index is 1.79. The van der Waals surface area contributed by atoms with Crippen LogP contribution in [0.15, 0.2) is 64.3 Å². The highest BCUT2D eigenvalue weighted by molar-refractivity contribution is 5.95.